The zero-order chi connectivity index (χ0) is 20.5. The molecule has 0 N–H and O–H groups in total. The number of fused-ring (bicyclic) bond motifs is 1. The molecule has 1 saturated carbocycles. The Kier molecular flexibility index (Phi) is 5.82. The van der Waals surface area contributed by atoms with Crippen molar-refractivity contribution in [2.45, 2.75) is 71.2 Å². The molecule has 6 heteroatoms. The summed E-state index contributed by atoms with van der Waals surface area (Å²) >= 11 is 0. The molecule has 152 valence electrons. The number of nitrogens with zero attached hydrogens (tertiary/aromatic N) is 2. The van der Waals surface area contributed by atoms with Crippen molar-refractivity contribution in [2.24, 2.45) is 0 Å². The van der Waals surface area contributed by atoms with Crippen molar-refractivity contribution in [3.63, 3.8) is 0 Å². The van der Waals surface area contributed by atoms with Gasteiger partial charge in [0.1, 0.15) is 0 Å². The van der Waals surface area contributed by atoms with Gasteiger partial charge in [0.15, 0.2) is 8.32 Å². The van der Waals surface area contributed by atoms with E-state index >= 15 is 0 Å². The van der Waals surface area contributed by atoms with Gasteiger partial charge in [-0.05, 0) is 73.7 Å². The Labute approximate surface area is 168 Å². The number of hydrogen-bond acceptors (Lipinski definition) is 4. The van der Waals surface area contributed by atoms with Crippen LogP contribution in [0.1, 0.15) is 63.4 Å². The molecular weight excluding hydrogens is 368 g/mol. The summed E-state index contributed by atoms with van der Waals surface area (Å²) in [5.74, 6) is 0.294. The molecule has 2 heterocycles. The minimum atomic E-state index is -1.83. The lowest BCUT2D eigenvalue weighted by molar-refractivity contribution is -0.137. The normalized spacial score (nSPS) is 15.5. The predicted molar refractivity (Wildman–Crippen MR) is 115 cm³/mol. The topological polar surface area (TPSA) is 52.8 Å². The smallest absolute Gasteiger partial charge is 0.330 e. The van der Waals surface area contributed by atoms with Gasteiger partial charge < -0.3 is 9.16 Å². The summed E-state index contributed by atoms with van der Waals surface area (Å²) in [6, 6.07) is 6.44. The molecule has 0 amide bonds. The van der Waals surface area contributed by atoms with Crippen molar-refractivity contribution in [1.82, 2.24) is 9.61 Å². The molecule has 2 aromatic heterocycles. The molecule has 0 radical (unpaired) electrons. The van der Waals surface area contributed by atoms with Crippen molar-refractivity contribution >= 4 is 25.9 Å². The first-order valence-electron chi connectivity index (χ1n) is 10.1. The first kappa shape index (κ1) is 20.8. The van der Waals surface area contributed by atoms with Crippen molar-refractivity contribution in [3.8, 4) is 0 Å². The molecule has 0 saturated heterocycles. The highest BCUT2D eigenvalue weighted by Crippen LogP contribution is 2.41. The lowest BCUT2D eigenvalue weighted by atomic mass is 10.1. The minimum absolute atomic E-state index is 0.166. The molecule has 0 bridgehead atoms. The van der Waals surface area contributed by atoms with E-state index in [0.29, 0.717) is 19.1 Å². The second kappa shape index (κ2) is 7.83. The monoisotopic (exact) mass is 400 g/mol. The Balaban J connectivity index is 1.89. The largest absolute Gasteiger partial charge is 0.463 e. The summed E-state index contributed by atoms with van der Waals surface area (Å²) < 4.78 is 13.2. The fourth-order valence-corrected chi connectivity index (χ4v) is 3.80. The van der Waals surface area contributed by atoms with Gasteiger partial charge in [0.2, 0.25) is 0 Å². The third-order valence-corrected chi connectivity index (χ3v) is 10.3. The quantitative estimate of drug-likeness (QED) is 0.359. The first-order valence-corrected chi connectivity index (χ1v) is 13.0. The highest BCUT2D eigenvalue weighted by molar-refractivity contribution is 6.74. The molecule has 0 spiro atoms. The lowest BCUT2D eigenvalue weighted by Crippen LogP contribution is -2.40. The van der Waals surface area contributed by atoms with Gasteiger partial charge in [-0.15, -0.1) is 0 Å². The molecule has 3 rings (SSSR count). The van der Waals surface area contributed by atoms with Crippen LogP contribution in [0.2, 0.25) is 18.1 Å². The van der Waals surface area contributed by atoms with Crippen LogP contribution >= 0.6 is 0 Å². The number of carbonyl (C=O) groups excluding carboxylic acids is 1. The zero-order valence-electron chi connectivity index (χ0n) is 17.9. The van der Waals surface area contributed by atoms with Gasteiger partial charge in [-0.2, -0.15) is 5.10 Å². The number of rotatable bonds is 7. The molecule has 0 aliphatic heterocycles. The summed E-state index contributed by atoms with van der Waals surface area (Å²) in [6.45, 7) is 13.9. The van der Waals surface area contributed by atoms with E-state index in [-0.39, 0.29) is 11.0 Å². The van der Waals surface area contributed by atoms with Crippen LogP contribution in [0.15, 0.2) is 24.3 Å². The van der Waals surface area contributed by atoms with E-state index in [0.717, 1.165) is 16.9 Å². The molecule has 0 atom stereocenters. The number of ether oxygens (including phenoxy) is 1. The average molecular weight is 401 g/mol. The first-order chi connectivity index (χ1) is 13.1. The molecule has 1 aliphatic rings. The summed E-state index contributed by atoms with van der Waals surface area (Å²) in [5.41, 5.74) is 4.17. The highest BCUT2D eigenvalue weighted by atomic mass is 28.4. The average Bonchev–Trinajstić information content (AvgIpc) is 3.37. The van der Waals surface area contributed by atoms with Crippen molar-refractivity contribution in [1.29, 1.82) is 0 Å². The van der Waals surface area contributed by atoms with Gasteiger partial charge in [-0.1, -0.05) is 20.8 Å². The van der Waals surface area contributed by atoms with E-state index in [1.54, 1.807) is 13.0 Å². The zero-order valence-corrected chi connectivity index (χ0v) is 18.9. The fourth-order valence-electron chi connectivity index (χ4n) is 2.86. The van der Waals surface area contributed by atoms with Gasteiger partial charge in [0.25, 0.3) is 0 Å². The van der Waals surface area contributed by atoms with Gasteiger partial charge >= 0.3 is 5.97 Å². The van der Waals surface area contributed by atoms with Gasteiger partial charge in [-0.25, -0.2) is 9.31 Å². The molecule has 1 aliphatic carbocycles. The van der Waals surface area contributed by atoms with Crippen LogP contribution in [0.25, 0.3) is 11.6 Å². The lowest BCUT2D eigenvalue weighted by Gasteiger charge is -2.35. The number of carbonyl (C=O) groups is 1. The maximum absolute atomic E-state index is 11.7. The fraction of sp³-hybridized carbons (Fsp3) is 0.545. The van der Waals surface area contributed by atoms with Crippen molar-refractivity contribution < 1.29 is 14.0 Å². The van der Waals surface area contributed by atoms with Crippen molar-refractivity contribution in [2.75, 3.05) is 6.61 Å². The van der Waals surface area contributed by atoms with E-state index in [2.05, 4.69) is 52.1 Å². The Morgan fingerprint density at radius 3 is 2.61 bits per heavy atom. The summed E-state index contributed by atoms with van der Waals surface area (Å²) in [5, 5.41) is 4.92. The Hall–Kier alpha value is -1.92. The Bertz CT molecular complexity index is 889. The van der Waals surface area contributed by atoms with Crippen LogP contribution in [-0.4, -0.2) is 30.5 Å². The Morgan fingerprint density at radius 1 is 1.29 bits per heavy atom. The van der Waals surface area contributed by atoms with E-state index in [1.807, 2.05) is 4.52 Å². The highest BCUT2D eigenvalue weighted by Gasteiger charge is 2.37. The third-order valence-electron chi connectivity index (χ3n) is 5.77. The molecular formula is C22H32N2O3Si. The number of pyridine rings is 1. The maximum atomic E-state index is 11.7. The molecule has 28 heavy (non-hydrogen) atoms. The van der Waals surface area contributed by atoms with Crippen LogP contribution in [0, 0.1) is 0 Å². The predicted octanol–water partition coefficient (Wildman–Crippen LogP) is 5.31. The standard InChI is InChI=1S/C22H32N2O3Si/c1-7-26-21(25)11-10-19-12-17(16-8-9-16)13-20-14-18(23-24(19)20)15-27-28(5,6)22(2,3)4/h10-14,16H,7-9,15H2,1-6H3/b11-10+. The van der Waals surface area contributed by atoms with Crippen LogP contribution in [0.3, 0.4) is 0 Å². The molecule has 5 nitrogen and oxygen atoms in total. The van der Waals surface area contributed by atoms with Gasteiger partial charge in [-0.3, -0.25) is 0 Å². The summed E-state index contributed by atoms with van der Waals surface area (Å²) in [7, 11) is -1.83. The third kappa shape index (κ3) is 4.73. The van der Waals surface area contributed by atoms with Crippen LogP contribution in [0.5, 0.6) is 0 Å². The van der Waals surface area contributed by atoms with E-state index in [4.69, 9.17) is 14.3 Å². The summed E-state index contributed by atoms with van der Waals surface area (Å²) in [6.07, 6.45) is 5.73. The van der Waals surface area contributed by atoms with Crippen LogP contribution in [0.4, 0.5) is 0 Å². The maximum Gasteiger partial charge on any atom is 0.330 e. The second-order valence-corrected chi connectivity index (χ2v) is 13.9. The number of hydrogen-bond donors (Lipinski definition) is 0. The molecule has 1 fully saturated rings. The van der Waals surface area contributed by atoms with E-state index in [1.165, 1.54) is 24.5 Å². The molecule has 0 unspecified atom stereocenters. The second-order valence-electron chi connectivity index (χ2n) is 9.09. The van der Waals surface area contributed by atoms with Crippen LogP contribution in [-0.2, 0) is 20.6 Å². The van der Waals surface area contributed by atoms with Crippen LogP contribution < -0.4 is 0 Å². The summed E-state index contributed by atoms with van der Waals surface area (Å²) in [4.78, 5) is 11.7. The minimum Gasteiger partial charge on any atom is -0.463 e. The van der Waals surface area contributed by atoms with Gasteiger partial charge in [0, 0.05) is 6.08 Å². The number of esters is 1. The molecule has 2 aromatic rings. The molecule has 0 aromatic carbocycles. The number of aromatic nitrogens is 2. The SMILES string of the molecule is CCOC(=O)/C=C/c1cc(C2CC2)cc2cc(CO[Si](C)(C)C(C)(C)C)nn12. The Morgan fingerprint density at radius 2 is 2.00 bits per heavy atom. The van der Waals surface area contributed by atoms with E-state index in [9.17, 15) is 4.79 Å². The van der Waals surface area contributed by atoms with Gasteiger partial charge in [0.05, 0.1) is 30.1 Å². The van der Waals surface area contributed by atoms with Crippen molar-refractivity contribution in [3.05, 3.63) is 41.2 Å². The van der Waals surface area contributed by atoms with E-state index < -0.39 is 8.32 Å².